The first-order valence-electron chi connectivity index (χ1n) is 9.47. The van der Waals surface area contributed by atoms with Crippen molar-refractivity contribution >= 4 is 58.0 Å². The molecule has 31 heavy (non-hydrogen) atoms. The number of rotatable bonds is 7. The molecule has 0 aliphatic heterocycles. The van der Waals surface area contributed by atoms with Crippen LogP contribution >= 0.6 is 24.0 Å². The number of nitrogens with one attached hydrogen (secondary N) is 3. The number of amides is 2. The van der Waals surface area contributed by atoms with E-state index in [1.165, 1.54) is 17.3 Å². The molecule has 158 valence electrons. The highest BCUT2D eigenvalue weighted by Gasteiger charge is 2.11. The third kappa shape index (κ3) is 6.84. The maximum absolute atomic E-state index is 12.3. The van der Waals surface area contributed by atoms with Crippen LogP contribution in [-0.4, -0.2) is 22.7 Å². The number of hydrogen-bond donors (Lipinski definition) is 4. The molecule has 0 saturated heterocycles. The van der Waals surface area contributed by atoms with Crippen molar-refractivity contribution in [2.45, 2.75) is 11.8 Å². The molecule has 0 bridgehead atoms. The molecule has 8 heteroatoms. The van der Waals surface area contributed by atoms with Crippen molar-refractivity contribution in [2.24, 2.45) is 5.73 Å². The number of thiocarbonyl (C=S) groups is 1. The Morgan fingerprint density at radius 1 is 0.903 bits per heavy atom. The second-order valence-corrected chi connectivity index (χ2v) is 8.18. The summed E-state index contributed by atoms with van der Waals surface area (Å²) >= 11 is 6.75. The zero-order valence-corrected chi connectivity index (χ0v) is 18.5. The van der Waals surface area contributed by atoms with Gasteiger partial charge in [0.05, 0.1) is 17.0 Å². The highest BCUT2D eigenvalue weighted by atomic mass is 32.2. The summed E-state index contributed by atoms with van der Waals surface area (Å²) in [5, 5.41) is 9.50. The lowest BCUT2D eigenvalue weighted by molar-refractivity contribution is -0.113. The number of carbonyl (C=O) groups is 2. The SMILES string of the molecule is Cc1ccc(NC(=S)Nc2cccc(SCC(=O)Nc3ccccc3C(N)=O)c2)cc1. The smallest absolute Gasteiger partial charge is 0.250 e. The molecule has 0 aliphatic rings. The van der Waals surface area contributed by atoms with Crippen molar-refractivity contribution in [2.75, 3.05) is 21.7 Å². The minimum Gasteiger partial charge on any atom is -0.366 e. The maximum atomic E-state index is 12.3. The largest absolute Gasteiger partial charge is 0.366 e. The highest BCUT2D eigenvalue weighted by molar-refractivity contribution is 8.00. The molecule has 5 N–H and O–H groups in total. The minimum atomic E-state index is -0.586. The van der Waals surface area contributed by atoms with Gasteiger partial charge in [0.1, 0.15) is 0 Å². The summed E-state index contributed by atoms with van der Waals surface area (Å²) in [4.78, 5) is 24.7. The van der Waals surface area contributed by atoms with Crippen molar-refractivity contribution in [1.29, 1.82) is 0 Å². The molecule has 3 rings (SSSR count). The van der Waals surface area contributed by atoms with E-state index in [-0.39, 0.29) is 17.2 Å². The second kappa shape index (κ2) is 10.6. The van der Waals surface area contributed by atoms with E-state index in [9.17, 15) is 9.59 Å². The molecule has 2 amide bonds. The Bertz CT molecular complexity index is 1100. The van der Waals surface area contributed by atoms with E-state index >= 15 is 0 Å². The van der Waals surface area contributed by atoms with Crippen LogP contribution < -0.4 is 21.7 Å². The molecule has 0 unspecified atom stereocenters. The molecule has 6 nitrogen and oxygen atoms in total. The highest BCUT2D eigenvalue weighted by Crippen LogP contribution is 2.23. The predicted molar refractivity (Wildman–Crippen MR) is 132 cm³/mol. The van der Waals surface area contributed by atoms with Crippen LogP contribution in [0.3, 0.4) is 0 Å². The maximum Gasteiger partial charge on any atom is 0.250 e. The fraction of sp³-hybridized carbons (Fsp3) is 0.0870. The molecule has 0 saturated carbocycles. The van der Waals surface area contributed by atoms with E-state index in [1.807, 2.05) is 55.5 Å². The number of aryl methyl sites for hydroxylation is 1. The van der Waals surface area contributed by atoms with Gasteiger partial charge in [-0.1, -0.05) is 35.9 Å². The molecule has 0 fully saturated rings. The van der Waals surface area contributed by atoms with Crippen molar-refractivity contribution in [3.8, 4) is 0 Å². The third-order valence-electron chi connectivity index (χ3n) is 4.24. The van der Waals surface area contributed by atoms with Gasteiger partial charge in [0.25, 0.3) is 5.91 Å². The first-order valence-corrected chi connectivity index (χ1v) is 10.9. The lowest BCUT2D eigenvalue weighted by Crippen LogP contribution is -2.19. The summed E-state index contributed by atoms with van der Waals surface area (Å²) < 4.78 is 0. The Balaban J connectivity index is 1.54. The Kier molecular flexibility index (Phi) is 7.64. The summed E-state index contributed by atoms with van der Waals surface area (Å²) in [6, 6.07) is 22.2. The Hall–Kier alpha value is -3.36. The van der Waals surface area contributed by atoms with Crippen LogP contribution in [0.25, 0.3) is 0 Å². The van der Waals surface area contributed by atoms with Gasteiger partial charge >= 0.3 is 0 Å². The van der Waals surface area contributed by atoms with Gasteiger partial charge in [-0.15, -0.1) is 11.8 Å². The van der Waals surface area contributed by atoms with Gasteiger partial charge in [0.15, 0.2) is 5.11 Å². The van der Waals surface area contributed by atoms with E-state index in [1.54, 1.807) is 24.3 Å². The number of carbonyl (C=O) groups excluding carboxylic acids is 2. The van der Waals surface area contributed by atoms with E-state index < -0.39 is 5.91 Å². The van der Waals surface area contributed by atoms with Crippen molar-refractivity contribution in [1.82, 2.24) is 0 Å². The normalized spacial score (nSPS) is 10.2. The van der Waals surface area contributed by atoms with Crippen LogP contribution in [0.1, 0.15) is 15.9 Å². The van der Waals surface area contributed by atoms with Gasteiger partial charge in [-0.3, -0.25) is 9.59 Å². The monoisotopic (exact) mass is 450 g/mol. The van der Waals surface area contributed by atoms with Crippen LogP contribution in [0, 0.1) is 6.92 Å². The molecular formula is C23H22N4O2S2. The van der Waals surface area contributed by atoms with Gasteiger partial charge in [0.2, 0.25) is 5.91 Å². The Morgan fingerprint density at radius 2 is 1.61 bits per heavy atom. The zero-order chi connectivity index (χ0) is 22.2. The third-order valence-corrected chi connectivity index (χ3v) is 5.44. The van der Waals surface area contributed by atoms with Gasteiger partial charge < -0.3 is 21.7 Å². The Morgan fingerprint density at radius 3 is 2.35 bits per heavy atom. The van der Waals surface area contributed by atoms with E-state index in [4.69, 9.17) is 18.0 Å². The van der Waals surface area contributed by atoms with Crippen LogP contribution in [0.15, 0.2) is 77.7 Å². The first-order chi connectivity index (χ1) is 14.9. The van der Waals surface area contributed by atoms with Crippen LogP contribution in [-0.2, 0) is 4.79 Å². The molecule has 0 atom stereocenters. The molecule has 0 aromatic heterocycles. The molecule has 0 radical (unpaired) electrons. The average molecular weight is 451 g/mol. The fourth-order valence-electron chi connectivity index (χ4n) is 2.74. The number of thioether (sulfide) groups is 1. The zero-order valence-electron chi connectivity index (χ0n) is 16.8. The quantitative estimate of drug-likeness (QED) is 0.310. The summed E-state index contributed by atoms with van der Waals surface area (Å²) in [6.07, 6.45) is 0. The number of benzene rings is 3. The van der Waals surface area contributed by atoms with Crippen molar-refractivity contribution < 1.29 is 9.59 Å². The van der Waals surface area contributed by atoms with Gasteiger partial charge in [-0.05, 0) is 61.6 Å². The Labute approximate surface area is 190 Å². The lowest BCUT2D eigenvalue weighted by Gasteiger charge is -2.12. The van der Waals surface area contributed by atoms with Gasteiger partial charge in [-0.25, -0.2) is 0 Å². The number of para-hydroxylation sites is 1. The van der Waals surface area contributed by atoms with Crippen molar-refractivity contribution in [3.63, 3.8) is 0 Å². The summed E-state index contributed by atoms with van der Waals surface area (Å²) in [5.41, 5.74) is 8.93. The van der Waals surface area contributed by atoms with Gasteiger partial charge in [0, 0.05) is 16.3 Å². The van der Waals surface area contributed by atoms with Crippen LogP contribution in [0.5, 0.6) is 0 Å². The number of anilines is 3. The number of primary amides is 1. The summed E-state index contributed by atoms with van der Waals surface area (Å²) in [5.74, 6) is -0.631. The average Bonchev–Trinajstić information content (AvgIpc) is 2.74. The minimum absolute atomic E-state index is 0.183. The number of hydrogen-bond acceptors (Lipinski definition) is 4. The number of nitrogens with two attached hydrogens (primary N) is 1. The van der Waals surface area contributed by atoms with E-state index in [0.29, 0.717) is 10.8 Å². The fourth-order valence-corrected chi connectivity index (χ4v) is 3.73. The molecule has 3 aromatic carbocycles. The van der Waals surface area contributed by atoms with E-state index in [0.717, 1.165) is 16.3 Å². The topological polar surface area (TPSA) is 96.2 Å². The first kappa shape index (κ1) is 22.3. The van der Waals surface area contributed by atoms with Crippen molar-refractivity contribution in [3.05, 3.63) is 83.9 Å². The predicted octanol–water partition coefficient (Wildman–Crippen LogP) is 4.63. The summed E-state index contributed by atoms with van der Waals surface area (Å²) in [6.45, 7) is 2.03. The molecule has 3 aromatic rings. The van der Waals surface area contributed by atoms with Gasteiger partial charge in [-0.2, -0.15) is 0 Å². The van der Waals surface area contributed by atoms with Crippen LogP contribution in [0.2, 0.25) is 0 Å². The standard InChI is InChI=1S/C23H22N4O2S2/c1-15-9-11-16(12-10-15)25-23(30)26-17-5-4-6-18(13-17)31-14-21(28)27-20-8-3-2-7-19(20)22(24)29/h2-13H,14H2,1H3,(H2,24,29)(H,27,28)(H2,25,26,30). The molecule has 0 spiro atoms. The van der Waals surface area contributed by atoms with E-state index in [2.05, 4.69) is 16.0 Å². The molecular weight excluding hydrogens is 428 g/mol. The second-order valence-electron chi connectivity index (χ2n) is 6.72. The molecule has 0 aliphatic carbocycles. The van der Waals surface area contributed by atoms with Crippen LogP contribution in [0.4, 0.5) is 17.1 Å². The molecule has 0 heterocycles. The summed E-state index contributed by atoms with van der Waals surface area (Å²) in [7, 11) is 0. The lowest BCUT2D eigenvalue weighted by atomic mass is 10.1.